The summed E-state index contributed by atoms with van der Waals surface area (Å²) in [5.74, 6) is -2.96. The van der Waals surface area contributed by atoms with Crippen LogP contribution >= 0.6 is 0 Å². The Kier molecular flexibility index (Phi) is 6.92. The second-order valence-corrected chi connectivity index (χ2v) is 9.65. The Balaban J connectivity index is 1.48. The molecule has 3 aliphatic rings. The van der Waals surface area contributed by atoms with Crippen molar-refractivity contribution in [3.63, 3.8) is 0 Å². The lowest BCUT2D eigenvalue weighted by molar-refractivity contribution is -0.151. The molecule has 39 heavy (non-hydrogen) atoms. The number of alkyl halides is 3. The van der Waals surface area contributed by atoms with E-state index >= 15 is 0 Å². The SMILES string of the molecule is COC1=CC(C(=O)NC[C@H](c2cc3c(c(-c4ccc(F)cc4)n2)OCC3C(F)(F)F)C2CC2)=C/C(=C/O)C1=N. The summed E-state index contributed by atoms with van der Waals surface area (Å²) in [7, 11) is 1.34. The van der Waals surface area contributed by atoms with Gasteiger partial charge in [-0.15, -0.1) is 0 Å². The van der Waals surface area contributed by atoms with Gasteiger partial charge in [-0.05, 0) is 61.2 Å². The molecule has 2 aromatic rings. The molecule has 1 aromatic carbocycles. The Bertz CT molecular complexity index is 1410. The second kappa shape index (κ2) is 10.2. The van der Waals surface area contributed by atoms with Gasteiger partial charge in [-0.3, -0.25) is 10.2 Å². The number of carbonyl (C=O) groups excluding carboxylic acids is 1. The van der Waals surface area contributed by atoms with Gasteiger partial charge in [0.05, 0.1) is 13.4 Å². The number of aliphatic hydroxyl groups is 1. The zero-order valence-electron chi connectivity index (χ0n) is 20.8. The van der Waals surface area contributed by atoms with E-state index in [0.29, 0.717) is 17.5 Å². The normalized spacial score (nSPS) is 20.6. The number of carbonyl (C=O) groups is 1. The Hall–Kier alpha value is -4.15. The van der Waals surface area contributed by atoms with E-state index in [2.05, 4.69) is 5.32 Å². The van der Waals surface area contributed by atoms with Gasteiger partial charge < -0.3 is 19.9 Å². The molecule has 204 valence electrons. The largest absolute Gasteiger partial charge is 0.515 e. The van der Waals surface area contributed by atoms with Crippen molar-refractivity contribution in [2.24, 2.45) is 5.92 Å². The van der Waals surface area contributed by atoms with Gasteiger partial charge in [0.25, 0.3) is 5.91 Å². The van der Waals surface area contributed by atoms with Crippen LogP contribution in [0, 0.1) is 17.1 Å². The number of hydrogen-bond donors (Lipinski definition) is 3. The van der Waals surface area contributed by atoms with Crippen molar-refractivity contribution in [2.45, 2.75) is 30.9 Å². The summed E-state index contributed by atoms with van der Waals surface area (Å²) >= 11 is 0. The van der Waals surface area contributed by atoms with E-state index < -0.39 is 30.4 Å². The minimum absolute atomic E-state index is 0.0253. The quantitative estimate of drug-likeness (QED) is 0.318. The van der Waals surface area contributed by atoms with Crippen LogP contribution in [0.15, 0.2) is 65.7 Å². The summed E-state index contributed by atoms with van der Waals surface area (Å²) in [4.78, 5) is 17.7. The molecule has 7 nitrogen and oxygen atoms in total. The number of halogens is 4. The molecule has 1 amide bonds. The first-order chi connectivity index (χ1) is 18.6. The first-order valence-corrected chi connectivity index (χ1v) is 12.3. The van der Waals surface area contributed by atoms with Crippen molar-refractivity contribution in [3.8, 4) is 17.0 Å². The first kappa shape index (κ1) is 26.5. The molecule has 2 heterocycles. The van der Waals surface area contributed by atoms with Gasteiger partial charge in [0.15, 0.2) is 0 Å². The zero-order valence-corrected chi connectivity index (χ0v) is 20.8. The first-order valence-electron chi connectivity index (χ1n) is 12.3. The molecular formula is C28H25F4N3O4. The van der Waals surface area contributed by atoms with Gasteiger partial charge in [0.2, 0.25) is 0 Å². The lowest BCUT2D eigenvalue weighted by Crippen LogP contribution is -2.31. The van der Waals surface area contributed by atoms with Gasteiger partial charge in [0.1, 0.15) is 41.3 Å². The van der Waals surface area contributed by atoms with Gasteiger partial charge >= 0.3 is 6.18 Å². The number of fused-ring (bicyclic) bond motifs is 1. The highest BCUT2D eigenvalue weighted by Crippen LogP contribution is 2.50. The lowest BCUT2D eigenvalue weighted by Gasteiger charge is -2.21. The molecule has 1 fully saturated rings. The Morgan fingerprint density at radius 2 is 2.00 bits per heavy atom. The lowest BCUT2D eigenvalue weighted by atomic mass is 9.92. The molecular weight excluding hydrogens is 518 g/mol. The summed E-state index contributed by atoms with van der Waals surface area (Å²) in [6, 6.07) is 6.72. The predicted molar refractivity (Wildman–Crippen MR) is 134 cm³/mol. The standard InChI is InChI=1S/C28H25F4N3O4/c1-38-23-9-16(8-17(12-36)24(23)33)27(37)34-11-20(14-2-3-14)22-10-19-21(28(30,31)32)13-39-26(19)25(35-22)15-4-6-18(29)7-5-15/h4-10,12,14,20-21,33,36H,2-3,11,13H2,1H3,(H,34,37)/b17-12-,33-24?/t20-,21?/m0/s1. The van der Waals surface area contributed by atoms with Gasteiger partial charge in [-0.2, -0.15) is 13.2 Å². The van der Waals surface area contributed by atoms with E-state index in [9.17, 15) is 27.5 Å². The highest BCUT2D eigenvalue weighted by atomic mass is 19.4. The molecule has 2 atom stereocenters. The summed E-state index contributed by atoms with van der Waals surface area (Å²) < 4.78 is 65.8. The number of nitrogens with zero attached hydrogens (tertiary/aromatic N) is 1. The maximum absolute atomic E-state index is 13.9. The molecule has 0 radical (unpaired) electrons. The average molecular weight is 544 g/mol. The number of rotatable bonds is 7. The van der Waals surface area contributed by atoms with Crippen LogP contribution in [-0.2, 0) is 9.53 Å². The molecule has 1 unspecified atom stereocenters. The van der Waals surface area contributed by atoms with Crippen molar-refractivity contribution >= 4 is 11.6 Å². The number of methoxy groups -OCH3 is 1. The Morgan fingerprint density at radius 3 is 2.62 bits per heavy atom. The fourth-order valence-electron chi connectivity index (χ4n) is 4.85. The third kappa shape index (κ3) is 5.25. The third-order valence-electron chi connectivity index (χ3n) is 7.11. The maximum Gasteiger partial charge on any atom is 0.399 e. The Morgan fingerprint density at radius 1 is 1.28 bits per heavy atom. The second-order valence-electron chi connectivity index (χ2n) is 9.65. The van der Waals surface area contributed by atoms with Crippen molar-refractivity contribution in [2.75, 3.05) is 20.3 Å². The van der Waals surface area contributed by atoms with Crippen LogP contribution in [0.4, 0.5) is 17.6 Å². The van der Waals surface area contributed by atoms with Crippen molar-refractivity contribution < 1.29 is 36.9 Å². The van der Waals surface area contributed by atoms with Gasteiger partial charge in [0, 0.05) is 40.4 Å². The van der Waals surface area contributed by atoms with Gasteiger partial charge in [-0.1, -0.05) is 0 Å². The van der Waals surface area contributed by atoms with E-state index in [1.165, 1.54) is 49.6 Å². The third-order valence-corrected chi connectivity index (χ3v) is 7.11. The van der Waals surface area contributed by atoms with Crippen LogP contribution in [0.5, 0.6) is 5.75 Å². The fraction of sp³-hybridized carbons (Fsp3) is 0.321. The zero-order chi connectivity index (χ0) is 27.9. The number of nitrogens with one attached hydrogen (secondary N) is 2. The van der Waals surface area contributed by atoms with E-state index in [4.69, 9.17) is 19.9 Å². The maximum atomic E-state index is 13.9. The van der Waals surface area contributed by atoms with Crippen LogP contribution < -0.4 is 10.1 Å². The molecule has 1 aliphatic heterocycles. The monoisotopic (exact) mass is 543 g/mol. The molecule has 5 rings (SSSR count). The van der Waals surface area contributed by atoms with Crippen molar-refractivity contribution in [1.82, 2.24) is 10.3 Å². The number of benzene rings is 1. The van der Waals surface area contributed by atoms with Crippen molar-refractivity contribution in [1.29, 1.82) is 5.41 Å². The highest BCUT2D eigenvalue weighted by molar-refractivity contribution is 6.15. The number of aliphatic hydroxyl groups excluding tert-OH is 1. The van der Waals surface area contributed by atoms with Crippen LogP contribution in [-0.4, -0.2) is 48.1 Å². The number of pyridine rings is 1. The Labute approximate surface area is 221 Å². The number of ether oxygens (including phenoxy) is 2. The molecule has 1 aromatic heterocycles. The minimum atomic E-state index is -4.53. The van der Waals surface area contributed by atoms with E-state index in [-0.39, 0.29) is 58.0 Å². The molecule has 3 N–H and O–H groups in total. The van der Waals surface area contributed by atoms with Crippen molar-refractivity contribution in [3.05, 3.63) is 82.7 Å². The van der Waals surface area contributed by atoms with Gasteiger partial charge in [-0.25, -0.2) is 9.37 Å². The molecule has 0 bridgehead atoms. The predicted octanol–water partition coefficient (Wildman–Crippen LogP) is 5.47. The smallest absolute Gasteiger partial charge is 0.399 e. The molecule has 1 saturated carbocycles. The summed E-state index contributed by atoms with van der Waals surface area (Å²) in [5.41, 5.74) is 1.15. The van der Waals surface area contributed by atoms with Crippen LogP contribution in [0.1, 0.15) is 35.9 Å². The summed E-state index contributed by atoms with van der Waals surface area (Å²) in [6.07, 6.45) is 0.557. The van der Waals surface area contributed by atoms with Crippen LogP contribution in [0.3, 0.4) is 0 Å². The summed E-state index contributed by atoms with van der Waals surface area (Å²) in [6.45, 7) is -0.472. The minimum Gasteiger partial charge on any atom is -0.515 e. The van der Waals surface area contributed by atoms with E-state index in [1.54, 1.807) is 0 Å². The molecule has 11 heteroatoms. The fourth-order valence-corrected chi connectivity index (χ4v) is 4.85. The van der Waals surface area contributed by atoms with E-state index in [1.807, 2.05) is 0 Å². The number of hydrogen-bond acceptors (Lipinski definition) is 6. The summed E-state index contributed by atoms with van der Waals surface area (Å²) in [5, 5.41) is 20.2. The number of amides is 1. The topological polar surface area (TPSA) is 105 Å². The molecule has 2 aliphatic carbocycles. The number of aromatic nitrogens is 1. The van der Waals surface area contributed by atoms with Crippen LogP contribution in [0.2, 0.25) is 0 Å². The van der Waals surface area contributed by atoms with E-state index in [0.717, 1.165) is 12.8 Å². The average Bonchev–Trinajstić information content (AvgIpc) is 3.65. The molecule has 0 spiro atoms. The van der Waals surface area contributed by atoms with Crippen LogP contribution in [0.25, 0.3) is 11.3 Å². The molecule has 0 saturated heterocycles. The highest BCUT2D eigenvalue weighted by Gasteiger charge is 2.47. The number of allylic oxidation sites excluding steroid dienone is 2.